The number of hydrogen-bond acceptors (Lipinski definition) is 4. The Bertz CT molecular complexity index is 532. The molecule has 4 nitrogen and oxygen atoms in total. The van der Waals surface area contributed by atoms with Crippen LogP contribution in [-0.4, -0.2) is 22.6 Å². The van der Waals surface area contributed by atoms with Gasteiger partial charge in [-0.25, -0.2) is 9.97 Å². The lowest BCUT2D eigenvalue weighted by Crippen LogP contribution is -2.26. The quantitative estimate of drug-likeness (QED) is 0.863. The third-order valence-electron chi connectivity index (χ3n) is 2.34. The van der Waals surface area contributed by atoms with Gasteiger partial charge in [0.25, 0.3) is 0 Å². The maximum absolute atomic E-state index is 5.22. The molecule has 2 aromatic rings. The number of aromatic nitrogens is 2. The lowest BCUT2D eigenvalue weighted by Gasteiger charge is -2.22. The van der Waals surface area contributed by atoms with E-state index in [1.54, 1.807) is 13.4 Å². The molecule has 1 N–H and O–H groups in total. The highest BCUT2D eigenvalue weighted by molar-refractivity contribution is 5.90. The van der Waals surface area contributed by atoms with Crippen molar-refractivity contribution < 1.29 is 4.74 Å². The molecule has 0 aliphatic carbocycles. The number of hydrogen-bond donors (Lipinski definition) is 1. The third-order valence-corrected chi connectivity index (χ3v) is 2.34. The summed E-state index contributed by atoms with van der Waals surface area (Å²) in [7, 11) is 1.65. The molecule has 0 saturated heterocycles. The van der Waals surface area contributed by atoms with Gasteiger partial charge in [0.05, 0.1) is 12.6 Å². The van der Waals surface area contributed by atoms with E-state index in [1.807, 2.05) is 18.2 Å². The van der Waals surface area contributed by atoms with Crippen LogP contribution in [0.3, 0.4) is 0 Å². The number of benzene rings is 1. The van der Waals surface area contributed by atoms with E-state index in [0.717, 1.165) is 22.5 Å². The standard InChI is InChI=1S/C13H17N3O/c1-13(2,3)16-12-10-7-9(17-4)5-6-11(10)14-8-15-12/h5-8H,1-4H3,(H,14,15,16). The summed E-state index contributed by atoms with van der Waals surface area (Å²) in [6.45, 7) is 6.29. The number of nitrogens with zero attached hydrogens (tertiary/aromatic N) is 2. The van der Waals surface area contributed by atoms with E-state index >= 15 is 0 Å². The molecule has 0 radical (unpaired) electrons. The zero-order valence-electron chi connectivity index (χ0n) is 10.6. The first kappa shape index (κ1) is 11.6. The zero-order valence-corrected chi connectivity index (χ0v) is 10.6. The predicted molar refractivity (Wildman–Crippen MR) is 69.5 cm³/mol. The molecule has 90 valence electrons. The van der Waals surface area contributed by atoms with Crippen molar-refractivity contribution in [2.45, 2.75) is 26.3 Å². The van der Waals surface area contributed by atoms with Gasteiger partial charge in [0, 0.05) is 10.9 Å². The minimum absolute atomic E-state index is 0.0373. The maximum atomic E-state index is 5.22. The second-order valence-electron chi connectivity index (χ2n) is 4.98. The first-order chi connectivity index (χ1) is 7.99. The monoisotopic (exact) mass is 231 g/mol. The Hall–Kier alpha value is -1.84. The Balaban J connectivity index is 2.54. The molecular weight excluding hydrogens is 214 g/mol. The normalized spacial score (nSPS) is 11.5. The van der Waals surface area contributed by atoms with Crippen LogP contribution >= 0.6 is 0 Å². The molecule has 0 atom stereocenters. The zero-order chi connectivity index (χ0) is 12.5. The molecule has 1 aromatic carbocycles. The average Bonchev–Trinajstić information content (AvgIpc) is 2.27. The number of nitrogens with one attached hydrogen (secondary N) is 1. The fourth-order valence-corrected chi connectivity index (χ4v) is 1.62. The van der Waals surface area contributed by atoms with Crippen molar-refractivity contribution in [3.8, 4) is 5.75 Å². The van der Waals surface area contributed by atoms with E-state index in [1.165, 1.54) is 0 Å². The summed E-state index contributed by atoms with van der Waals surface area (Å²) in [6, 6.07) is 5.78. The molecular formula is C13H17N3O. The molecule has 0 bridgehead atoms. The second-order valence-corrected chi connectivity index (χ2v) is 4.98. The maximum Gasteiger partial charge on any atom is 0.137 e. The number of methoxy groups -OCH3 is 1. The van der Waals surface area contributed by atoms with Crippen LogP contribution < -0.4 is 10.1 Å². The van der Waals surface area contributed by atoms with Crippen LogP contribution in [0.5, 0.6) is 5.75 Å². The van der Waals surface area contributed by atoms with Gasteiger partial charge in [-0.3, -0.25) is 0 Å². The molecule has 0 spiro atoms. The Morgan fingerprint density at radius 3 is 2.59 bits per heavy atom. The molecule has 0 fully saturated rings. The van der Waals surface area contributed by atoms with Crippen molar-refractivity contribution in [3.05, 3.63) is 24.5 Å². The van der Waals surface area contributed by atoms with E-state index in [2.05, 4.69) is 36.1 Å². The lowest BCUT2D eigenvalue weighted by atomic mass is 10.1. The summed E-state index contributed by atoms with van der Waals surface area (Å²) in [6.07, 6.45) is 1.57. The minimum atomic E-state index is -0.0373. The van der Waals surface area contributed by atoms with Gasteiger partial charge in [-0.1, -0.05) is 0 Å². The SMILES string of the molecule is COc1ccc2ncnc(NC(C)(C)C)c2c1. The number of rotatable bonds is 2. The van der Waals surface area contributed by atoms with Crippen LogP contribution in [-0.2, 0) is 0 Å². The van der Waals surface area contributed by atoms with Gasteiger partial charge in [-0.05, 0) is 39.0 Å². The smallest absolute Gasteiger partial charge is 0.137 e. The summed E-state index contributed by atoms with van der Waals surface area (Å²) in [5.74, 6) is 1.64. The Labute approximate surface area is 101 Å². The molecule has 1 heterocycles. The second kappa shape index (κ2) is 4.20. The van der Waals surface area contributed by atoms with E-state index in [-0.39, 0.29) is 5.54 Å². The van der Waals surface area contributed by atoms with Crippen molar-refractivity contribution in [2.75, 3.05) is 12.4 Å². The van der Waals surface area contributed by atoms with Gasteiger partial charge < -0.3 is 10.1 Å². The highest BCUT2D eigenvalue weighted by Crippen LogP contribution is 2.25. The molecule has 0 aliphatic heterocycles. The summed E-state index contributed by atoms with van der Waals surface area (Å²) in [5, 5.41) is 4.34. The summed E-state index contributed by atoms with van der Waals surface area (Å²) >= 11 is 0. The fourth-order valence-electron chi connectivity index (χ4n) is 1.62. The van der Waals surface area contributed by atoms with Crippen LogP contribution in [0.15, 0.2) is 24.5 Å². The van der Waals surface area contributed by atoms with Crippen LogP contribution in [0.4, 0.5) is 5.82 Å². The average molecular weight is 231 g/mol. The van der Waals surface area contributed by atoms with Crippen LogP contribution in [0.1, 0.15) is 20.8 Å². The lowest BCUT2D eigenvalue weighted by molar-refractivity contribution is 0.415. The van der Waals surface area contributed by atoms with Crippen molar-refractivity contribution in [2.24, 2.45) is 0 Å². The van der Waals surface area contributed by atoms with Crippen LogP contribution in [0.2, 0.25) is 0 Å². The first-order valence-corrected chi connectivity index (χ1v) is 5.56. The first-order valence-electron chi connectivity index (χ1n) is 5.56. The topological polar surface area (TPSA) is 47.0 Å². The largest absolute Gasteiger partial charge is 0.497 e. The number of anilines is 1. The van der Waals surface area contributed by atoms with Gasteiger partial charge in [0.2, 0.25) is 0 Å². The molecule has 0 saturated carbocycles. The molecule has 1 aromatic heterocycles. The summed E-state index contributed by atoms with van der Waals surface area (Å²) in [5.41, 5.74) is 0.872. The highest BCUT2D eigenvalue weighted by Gasteiger charge is 2.13. The van der Waals surface area contributed by atoms with E-state index in [4.69, 9.17) is 4.74 Å². The summed E-state index contributed by atoms with van der Waals surface area (Å²) < 4.78 is 5.22. The van der Waals surface area contributed by atoms with E-state index < -0.39 is 0 Å². The fraction of sp³-hybridized carbons (Fsp3) is 0.385. The molecule has 17 heavy (non-hydrogen) atoms. The van der Waals surface area contributed by atoms with Crippen molar-refractivity contribution in [3.63, 3.8) is 0 Å². The molecule has 0 unspecified atom stereocenters. The van der Waals surface area contributed by atoms with E-state index in [9.17, 15) is 0 Å². The van der Waals surface area contributed by atoms with Crippen molar-refractivity contribution in [1.82, 2.24) is 9.97 Å². The molecule has 4 heteroatoms. The molecule has 2 rings (SSSR count). The third kappa shape index (κ3) is 2.64. The predicted octanol–water partition coefficient (Wildman–Crippen LogP) is 2.85. The Morgan fingerprint density at radius 1 is 1.18 bits per heavy atom. The van der Waals surface area contributed by atoms with Crippen molar-refractivity contribution in [1.29, 1.82) is 0 Å². The van der Waals surface area contributed by atoms with Crippen molar-refractivity contribution >= 4 is 16.7 Å². The highest BCUT2D eigenvalue weighted by atomic mass is 16.5. The molecule has 0 aliphatic rings. The van der Waals surface area contributed by atoms with Gasteiger partial charge in [-0.15, -0.1) is 0 Å². The number of ether oxygens (including phenoxy) is 1. The Kier molecular flexibility index (Phi) is 2.88. The van der Waals surface area contributed by atoms with Gasteiger partial charge in [0.15, 0.2) is 0 Å². The van der Waals surface area contributed by atoms with Gasteiger partial charge in [0.1, 0.15) is 17.9 Å². The van der Waals surface area contributed by atoms with E-state index in [0.29, 0.717) is 0 Å². The Morgan fingerprint density at radius 2 is 1.94 bits per heavy atom. The minimum Gasteiger partial charge on any atom is -0.497 e. The molecule has 0 amide bonds. The number of fused-ring (bicyclic) bond motifs is 1. The van der Waals surface area contributed by atoms with Crippen LogP contribution in [0, 0.1) is 0 Å². The van der Waals surface area contributed by atoms with Gasteiger partial charge in [-0.2, -0.15) is 0 Å². The van der Waals surface area contributed by atoms with Crippen LogP contribution in [0.25, 0.3) is 10.9 Å². The van der Waals surface area contributed by atoms with Gasteiger partial charge >= 0.3 is 0 Å². The summed E-state index contributed by atoms with van der Waals surface area (Å²) in [4.78, 5) is 8.53.